The molecule has 1 amide bonds. The molecule has 5 nitrogen and oxygen atoms in total. The smallest absolute Gasteiger partial charge is 0.238 e. The number of nitrogens with two attached hydrogens (primary N) is 1. The van der Waals surface area contributed by atoms with Crippen LogP contribution in [-0.4, -0.2) is 44.2 Å². The maximum Gasteiger partial charge on any atom is 0.238 e. The SMILES string of the molecule is COCC1CCN(CC(=O)Nc2ccccc2CN)C1. The molecule has 2 rings (SSSR count). The molecule has 0 radical (unpaired) electrons. The number of nitrogens with one attached hydrogen (secondary N) is 1. The number of amides is 1. The Kier molecular flexibility index (Phi) is 5.52. The number of ether oxygens (including phenoxy) is 1. The van der Waals surface area contributed by atoms with Gasteiger partial charge >= 0.3 is 0 Å². The van der Waals surface area contributed by atoms with Gasteiger partial charge in [0.25, 0.3) is 0 Å². The summed E-state index contributed by atoms with van der Waals surface area (Å²) in [7, 11) is 1.72. The first kappa shape index (κ1) is 15.0. The average molecular weight is 277 g/mol. The maximum atomic E-state index is 12.1. The number of para-hydroxylation sites is 1. The molecule has 1 aromatic carbocycles. The van der Waals surface area contributed by atoms with E-state index in [4.69, 9.17) is 10.5 Å². The Bertz CT molecular complexity index is 450. The fourth-order valence-electron chi connectivity index (χ4n) is 2.64. The summed E-state index contributed by atoms with van der Waals surface area (Å²) in [5, 5.41) is 2.94. The summed E-state index contributed by atoms with van der Waals surface area (Å²) in [5.41, 5.74) is 7.44. The van der Waals surface area contributed by atoms with Crippen LogP contribution in [0, 0.1) is 5.92 Å². The molecule has 1 unspecified atom stereocenters. The van der Waals surface area contributed by atoms with Crippen molar-refractivity contribution in [3.8, 4) is 0 Å². The lowest BCUT2D eigenvalue weighted by atomic mass is 10.1. The van der Waals surface area contributed by atoms with E-state index in [1.54, 1.807) is 7.11 Å². The molecule has 1 aliphatic heterocycles. The second-order valence-corrected chi connectivity index (χ2v) is 5.25. The van der Waals surface area contributed by atoms with E-state index in [1.807, 2.05) is 24.3 Å². The molecule has 1 aliphatic rings. The number of hydrogen-bond acceptors (Lipinski definition) is 4. The van der Waals surface area contributed by atoms with E-state index in [0.29, 0.717) is 19.0 Å². The lowest BCUT2D eigenvalue weighted by Crippen LogP contribution is -2.32. The molecule has 0 aliphatic carbocycles. The van der Waals surface area contributed by atoms with Gasteiger partial charge in [0.2, 0.25) is 5.91 Å². The Morgan fingerprint density at radius 2 is 2.30 bits per heavy atom. The zero-order valence-electron chi connectivity index (χ0n) is 12.0. The molecule has 1 aromatic rings. The molecular weight excluding hydrogens is 254 g/mol. The molecule has 1 atom stereocenters. The fraction of sp³-hybridized carbons (Fsp3) is 0.533. The quantitative estimate of drug-likeness (QED) is 0.815. The molecule has 0 bridgehead atoms. The number of carbonyl (C=O) groups excluding carboxylic acids is 1. The Labute approximate surface area is 120 Å². The van der Waals surface area contributed by atoms with Crippen LogP contribution in [0.1, 0.15) is 12.0 Å². The van der Waals surface area contributed by atoms with Crippen molar-refractivity contribution in [2.75, 3.05) is 38.7 Å². The summed E-state index contributed by atoms with van der Waals surface area (Å²) < 4.78 is 5.16. The Morgan fingerprint density at radius 3 is 3.05 bits per heavy atom. The van der Waals surface area contributed by atoms with Crippen molar-refractivity contribution in [2.45, 2.75) is 13.0 Å². The molecule has 1 fully saturated rings. The number of likely N-dealkylation sites (tertiary alicyclic amines) is 1. The predicted octanol–water partition coefficient (Wildman–Crippen LogP) is 1.05. The molecule has 0 spiro atoms. The van der Waals surface area contributed by atoms with Gasteiger partial charge in [-0.3, -0.25) is 9.69 Å². The van der Waals surface area contributed by atoms with E-state index < -0.39 is 0 Å². The van der Waals surface area contributed by atoms with Crippen LogP contribution in [0.15, 0.2) is 24.3 Å². The molecule has 5 heteroatoms. The van der Waals surface area contributed by atoms with Gasteiger partial charge in [-0.05, 0) is 30.5 Å². The van der Waals surface area contributed by atoms with Gasteiger partial charge in [0.1, 0.15) is 0 Å². The van der Waals surface area contributed by atoms with Crippen molar-refractivity contribution >= 4 is 11.6 Å². The number of benzene rings is 1. The van der Waals surface area contributed by atoms with Crippen molar-refractivity contribution in [3.05, 3.63) is 29.8 Å². The fourth-order valence-corrected chi connectivity index (χ4v) is 2.64. The van der Waals surface area contributed by atoms with Crippen LogP contribution in [0.2, 0.25) is 0 Å². The van der Waals surface area contributed by atoms with E-state index in [2.05, 4.69) is 10.2 Å². The Balaban J connectivity index is 1.84. The van der Waals surface area contributed by atoms with Gasteiger partial charge in [0, 0.05) is 25.9 Å². The summed E-state index contributed by atoms with van der Waals surface area (Å²) in [6.45, 7) is 3.52. The second kappa shape index (κ2) is 7.38. The van der Waals surface area contributed by atoms with Crippen LogP contribution in [0.5, 0.6) is 0 Å². The molecular formula is C15H23N3O2. The number of rotatable bonds is 6. The summed E-state index contributed by atoms with van der Waals surface area (Å²) in [6.07, 6.45) is 1.10. The topological polar surface area (TPSA) is 67.6 Å². The van der Waals surface area contributed by atoms with Crippen molar-refractivity contribution in [3.63, 3.8) is 0 Å². The van der Waals surface area contributed by atoms with Gasteiger partial charge in [-0.2, -0.15) is 0 Å². The Hall–Kier alpha value is -1.43. The molecule has 3 N–H and O–H groups in total. The van der Waals surface area contributed by atoms with Crippen molar-refractivity contribution in [2.24, 2.45) is 11.7 Å². The lowest BCUT2D eigenvalue weighted by Gasteiger charge is -2.16. The summed E-state index contributed by atoms with van der Waals surface area (Å²) in [4.78, 5) is 14.2. The van der Waals surface area contributed by atoms with Crippen molar-refractivity contribution < 1.29 is 9.53 Å². The minimum Gasteiger partial charge on any atom is -0.384 e. The van der Waals surface area contributed by atoms with Crippen LogP contribution >= 0.6 is 0 Å². The van der Waals surface area contributed by atoms with Gasteiger partial charge in [-0.1, -0.05) is 18.2 Å². The van der Waals surface area contributed by atoms with Crippen LogP contribution in [0.4, 0.5) is 5.69 Å². The maximum absolute atomic E-state index is 12.1. The minimum absolute atomic E-state index is 0.0176. The van der Waals surface area contributed by atoms with E-state index in [0.717, 1.165) is 37.4 Å². The normalized spacial score (nSPS) is 19.2. The monoisotopic (exact) mass is 277 g/mol. The van der Waals surface area contributed by atoms with Gasteiger partial charge in [0.05, 0.1) is 13.2 Å². The third kappa shape index (κ3) is 4.03. The highest BCUT2D eigenvalue weighted by Crippen LogP contribution is 2.17. The molecule has 1 saturated heterocycles. The van der Waals surface area contributed by atoms with Gasteiger partial charge in [0.15, 0.2) is 0 Å². The van der Waals surface area contributed by atoms with Gasteiger partial charge < -0.3 is 15.8 Å². The van der Waals surface area contributed by atoms with E-state index >= 15 is 0 Å². The second-order valence-electron chi connectivity index (χ2n) is 5.25. The molecule has 110 valence electrons. The largest absolute Gasteiger partial charge is 0.384 e. The molecule has 1 heterocycles. The number of nitrogens with zero attached hydrogens (tertiary/aromatic N) is 1. The number of anilines is 1. The van der Waals surface area contributed by atoms with Crippen LogP contribution < -0.4 is 11.1 Å². The van der Waals surface area contributed by atoms with Crippen molar-refractivity contribution in [1.82, 2.24) is 4.90 Å². The van der Waals surface area contributed by atoms with Crippen LogP contribution in [0.3, 0.4) is 0 Å². The molecule has 20 heavy (non-hydrogen) atoms. The van der Waals surface area contributed by atoms with Crippen LogP contribution in [0.25, 0.3) is 0 Å². The molecule has 0 aromatic heterocycles. The summed E-state index contributed by atoms with van der Waals surface area (Å²) in [5.74, 6) is 0.563. The summed E-state index contributed by atoms with van der Waals surface area (Å²) >= 11 is 0. The Morgan fingerprint density at radius 1 is 1.50 bits per heavy atom. The van der Waals surface area contributed by atoms with E-state index in [-0.39, 0.29) is 5.91 Å². The minimum atomic E-state index is 0.0176. The van der Waals surface area contributed by atoms with E-state index in [1.165, 1.54) is 0 Å². The first-order valence-electron chi connectivity index (χ1n) is 7.02. The van der Waals surface area contributed by atoms with E-state index in [9.17, 15) is 4.79 Å². The van der Waals surface area contributed by atoms with Gasteiger partial charge in [-0.25, -0.2) is 0 Å². The highest BCUT2D eigenvalue weighted by molar-refractivity contribution is 5.93. The highest BCUT2D eigenvalue weighted by atomic mass is 16.5. The lowest BCUT2D eigenvalue weighted by molar-refractivity contribution is -0.117. The number of methoxy groups -OCH3 is 1. The third-order valence-electron chi connectivity index (χ3n) is 3.65. The average Bonchev–Trinajstić information content (AvgIpc) is 2.87. The number of hydrogen-bond donors (Lipinski definition) is 2. The first-order valence-corrected chi connectivity index (χ1v) is 7.02. The third-order valence-corrected chi connectivity index (χ3v) is 3.65. The summed E-state index contributed by atoms with van der Waals surface area (Å²) in [6, 6.07) is 7.64. The zero-order chi connectivity index (χ0) is 14.4. The van der Waals surface area contributed by atoms with Crippen LogP contribution in [-0.2, 0) is 16.1 Å². The zero-order valence-corrected chi connectivity index (χ0v) is 12.0. The highest BCUT2D eigenvalue weighted by Gasteiger charge is 2.23. The standard InChI is InChI=1S/C15H23N3O2/c1-20-11-12-6-7-18(9-12)10-15(19)17-14-5-3-2-4-13(14)8-16/h2-5,12H,6-11,16H2,1H3,(H,17,19). The molecule has 0 saturated carbocycles. The van der Waals surface area contributed by atoms with Crippen molar-refractivity contribution in [1.29, 1.82) is 0 Å². The van der Waals surface area contributed by atoms with Gasteiger partial charge in [-0.15, -0.1) is 0 Å². The predicted molar refractivity (Wildman–Crippen MR) is 79.4 cm³/mol. The first-order chi connectivity index (χ1) is 9.72. The number of carbonyl (C=O) groups is 1.